The van der Waals surface area contributed by atoms with Crippen LogP contribution < -0.4 is 5.32 Å². The maximum atomic E-state index is 12.7. The summed E-state index contributed by atoms with van der Waals surface area (Å²) in [6.07, 6.45) is 0.540. The second-order valence-corrected chi connectivity index (χ2v) is 8.56. The maximum absolute atomic E-state index is 12.7. The molecule has 0 bridgehead atoms. The van der Waals surface area contributed by atoms with E-state index < -0.39 is 12.1 Å². The van der Waals surface area contributed by atoms with Crippen molar-refractivity contribution in [2.24, 2.45) is 7.05 Å². The first kappa shape index (κ1) is 25.7. The number of carbonyl (C=O) groups excluding carboxylic acids is 1. The van der Waals surface area contributed by atoms with E-state index in [9.17, 15) is 18.0 Å². The number of halogens is 3. The number of piperidine rings is 1. The lowest BCUT2D eigenvalue weighted by molar-refractivity contribution is -0.192. The molecule has 2 N–H and O–H groups in total. The van der Waals surface area contributed by atoms with Gasteiger partial charge in [0.15, 0.2) is 11.5 Å². The molecule has 0 spiro atoms. The lowest BCUT2D eigenvalue weighted by Gasteiger charge is -2.30. The largest absolute Gasteiger partial charge is 0.490 e. The quantitative estimate of drug-likeness (QED) is 0.417. The highest BCUT2D eigenvalue weighted by atomic mass is 19.4. The number of nitrogens with zero attached hydrogens (tertiary/aromatic N) is 5. The molecule has 0 saturated carbocycles. The Bertz CT molecular complexity index is 1380. The summed E-state index contributed by atoms with van der Waals surface area (Å²) < 4.78 is 35.4. The van der Waals surface area contributed by atoms with Gasteiger partial charge in [0, 0.05) is 37.9 Å². The number of anilines is 2. The molecule has 0 atom stereocenters. The molecule has 1 saturated heterocycles. The monoisotopic (exact) mass is 514 g/mol. The van der Waals surface area contributed by atoms with Crippen LogP contribution in [0.2, 0.25) is 0 Å². The number of aromatic nitrogens is 4. The zero-order valence-corrected chi connectivity index (χ0v) is 19.9. The molecule has 12 heteroatoms. The summed E-state index contributed by atoms with van der Waals surface area (Å²) in [7, 11) is 1.90. The predicted octanol–water partition coefficient (Wildman–Crippen LogP) is 4.46. The van der Waals surface area contributed by atoms with Crippen LogP contribution in [0, 0.1) is 0 Å². The van der Waals surface area contributed by atoms with Gasteiger partial charge in [0.2, 0.25) is 0 Å². The molecule has 1 fully saturated rings. The standard InChI is InChI=1S/C23H24N6O.C2HF3O2/c1-27-13-5-8-20(27)23(30)28-14-11-17(12-15-28)22-25-21-10-9-19(16-29(21)26-22)24-18-6-3-2-4-7-18;3-2(4,5)1(6)7/h2-10,13,16-17,24H,11-12,14-15H2,1H3;(H,6,7). The number of pyridine rings is 1. The number of amides is 1. The van der Waals surface area contributed by atoms with E-state index >= 15 is 0 Å². The van der Waals surface area contributed by atoms with E-state index in [1.54, 1.807) is 0 Å². The Morgan fingerprint density at radius 1 is 1.00 bits per heavy atom. The number of nitrogens with one attached hydrogen (secondary N) is 1. The molecule has 37 heavy (non-hydrogen) atoms. The molecule has 0 unspecified atom stereocenters. The summed E-state index contributed by atoms with van der Waals surface area (Å²) in [4.78, 5) is 28.3. The van der Waals surface area contributed by atoms with Crippen molar-refractivity contribution in [3.63, 3.8) is 0 Å². The van der Waals surface area contributed by atoms with Gasteiger partial charge in [0.25, 0.3) is 5.91 Å². The van der Waals surface area contributed by atoms with Gasteiger partial charge in [-0.25, -0.2) is 14.3 Å². The first-order valence-electron chi connectivity index (χ1n) is 11.5. The van der Waals surface area contributed by atoms with E-state index in [4.69, 9.17) is 20.0 Å². The number of para-hydroxylation sites is 1. The first-order valence-corrected chi connectivity index (χ1v) is 11.5. The number of aryl methyl sites for hydroxylation is 1. The van der Waals surface area contributed by atoms with Crippen LogP contribution in [0.4, 0.5) is 24.5 Å². The number of benzene rings is 1. The number of hydrogen-bond acceptors (Lipinski definition) is 5. The Kier molecular flexibility index (Phi) is 7.46. The minimum Gasteiger partial charge on any atom is -0.475 e. The van der Waals surface area contributed by atoms with E-state index in [-0.39, 0.29) is 11.8 Å². The molecule has 5 rings (SSSR count). The van der Waals surface area contributed by atoms with Crippen LogP contribution in [0.25, 0.3) is 5.65 Å². The lowest BCUT2D eigenvalue weighted by Crippen LogP contribution is -2.38. The van der Waals surface area contributed by atoms with Crippen molar-refractivity contribution >= 4 is 28.9 Å². The molecule has 4 aromatic rings. The molecule has 194 valence electrons. The minimum absolute atomic E-state index is 0.0977. The first-order chi connectivity index (χ1) is 17.6. The topological polar surface area (TPSA) is 105 Å². The molecule has 3 aromatic heterocycles. The van der Waals surface area contributed by atoms with Gasteiger partial charge in [-0.3, -0.25) is 4.79 Å². The number of aliphatic carboxylic acids is 1. The number of carboxylic acid groups (broad SMARTS) is 1. The average Bonchev–Trinajstić information content (AvgIpc) is 3.50. The number of fused-ring (bicyclic) bond motifs is 1. The summed E-state index contributed by atoms with van der Waals surface area (Å²) in [5, 5.41) is 15.2. The number of rotatable bonds is 4. The normalized spacial score (nSPS) is 14.2. The van der Waals surface area contributed by atoms with Crippen LogP contribution in [-0.2, 0) is 11.8 Å². The molecule has 9 nitrogen and oxygen atoms in total. The highest BCUT2D eigenvalue weighted by Crippen LogP contribution is 2.27. The van der Waals surface area contributed by atoms with Crippen molar-refractivity contribution < 1.29 is 27.9 Å². The van der Waals surface area contributed by atoms with Crippen molar-refractivity contribution in [2.75, 3.05) is 18.4 Å². The number of carboxylic acids is 1. The number of likely N-dealkylation sites (tertiary alicyclic amines) is 1. The van der Waals surface area contributed by atoms with Crippen LogP contribution in [0.15, 0.2) is 67.0 Å². The van der Waals surface area contributed by atoms with Crippen LogP contribution in [0.5, 0.6) is 0 Å². The zero-order chi connectivity index (χ0) is 26.6. The summed E-state index contributed by atoms with van der Waals surface area (Å²) in [6, 6.07) is 17.8. The van der Waals surface area contributed by atoms with Crippen LogP contribution >= 0.6 is 0 Å². The molecule has 1 aliphatic heterocycles. The molecular weight excluding hydrogens is 489 g/mol. The van der Waals surface area contributed by atoms with Crippen molar-refractivity contribution in [1.29, 1.82) is 0 Å². The molecule has 4 heterocycles. The lowest BCUT2D eigenvalue weighted by atomic mass is 9.96. The van der Waals surface area contributed by atoms with Gasteiger partial charge < -0.3 is 19.9 Å². The van der Waals surface area contributed by atoms with Gasteiger partial charge >= 0.3 is 12.1 Å². The molecular formula is C25H25F3N6O3. The second-order valence-electron chi connectivity index (χ2n) is 8.56. The fourth-order valence-corrected chi connectivity index (χ4v) is 4.02. The average molecular weight is 515 g/mol. The Morgan fingerprint density at radius 3 is 2.27 bits per heavy atom. The number of hydrogen-bond donors (Lipinski definition) is 2. The van der Waals surface area contributed by atoms with E-state index in [0.717, 1.165) is 54.5 Å². The summed E-state index contributed by atoms with van der Waals surface area (Å²) >= 11 is 0. The number of carbonyl (C=O) groups is 2. The van der Waals surface area contributed by atoms with Gasteiger partial charge in [-0.15, -0.1) is 0 Å². The van der Waals surface area contributed by atoms with Crippen molar-refractivity contribution in [2.45, 2.75) is 24.9 Å². The molecule has 1 aliphatic rings. The summed E-state index contributed by atoms with van der Waals surface area (Å²) in [5.41, 5.74) is 3.57. The SMILES string of the molecule is Cn1cccc1C(=O)N1CCC(c2nc3ccc(Nc4ccccc4)cn3n2)CC1.O=C(O)C(F)(F)F. The second kappa shape index (κ2) is 10.7. The highest BCUT2D eigenvalue weighted by molar-refractivity contribution is 5.92. The Hall–Kier alpha value is -4.35. The number of alkyl halides is 3. The Morgan fingerprint density at radius 2 is 1.68 bits per heavy atom. The third-order valence-electron chi connectivity index (χ3n) is 5.96. The predicted molar refractivity (Wildman–Crippen MR) is 130 cm³/mol. The van der Waals surface area contributed by atoms with Crippen LogP contribution in [-0.4, -0.2) is 60.3 Å². The van der Waals surface area contributed by atoms with Crippen molar-refractivity contribution in [3.8, 4) is 0 Å². The molecule has 0 aliphatic carbocycles. The Balaban J connectivity index is 0.000000405. The van der Waals surface area contributed by atoms with Crippen LogP contribution in [0.3, 0.4) is 0 Å². The van der Waals surface area contributed by atoms with E-state index in [2.05, 4.69) is 5.32 Å². The van der Waals surface area contributed by atoms with E-state index in [1.165, 1.54) is 0 Å². The summed E-state index contributed by atoms with van der Waals surface area (Å²) in [6.45, 7) is 1.45. The van der Waals surface area contributed by atoms with Gasteiger partial charge in [-0.05, 0) is 49.2 Å². The minimum atomic E-state index is -5.08. The van der Waals surface area contributed by atoms with Gasteiger partial charge in [-0.2, -0.15) is 18.3 Å². The smallest absolute Gasteiger partial charge is 0.475 e. The summed E-state index contributed by atoms with van der Waals surface area (Å²) in [5.74, 6) is -1.53. The van der Waals surface area contributed by atoms with Crippen molar-refractivity contribution in [1.82, 2.24) is 24.1 Å². The van der Waals surface area contributed by atoms with Crippen molar-refractivity contribution in [3.05, 3.63) is 78.5 Å². The maximum Gasteiger partial charge on any atom is 0.490 e. The molecule has 1 aromatic carbocycles. The Labute approximate surface area is 210 Å². The highest BCUT2D eigenvalue weighted by Gasteiger charge is 2.38. The van der Waals surface area contributed by atoms with Gasteiger partial charge in [0.05, 0.1) is 11.9 Å². The molecule has 0 radical (unpaired) electrons. The van der Waals surface area contributed by atoms with Gasteiger partial charge in [-0.1, -0.05) is 18.2 Å². The van der Waals surface area contributed by atoms with Gasteiger partial charge in [0.1, 0.15) is 5.69 Å². The van der Waals surface area contributed by atoms with E-state index in [0.29, 0.717) is 0 Å². The van der Waals surface area contributed by atoms with E-state index in [1.807, 2.05) is 88.0 Å². The molecule has 1 amide bonds. The third-order valence-corrected chi connectivity index (χ3v) is 5.96. The third kappa shape index (κ3) is 6.26. The fraction of sp³-hybridized carbons (Fsp3) is 0.280. The zero-order valence-electron chi connectivity index (χ0n) is 19.9. The van der Waals surface area contributed by atoms with Crippen LogP contribution in [0.1, 0.15) is 35.1 Å². The fourth-order valence-electron chi connectivity index (χ4n) is 4.02.